The molecule has 1 saturated heterocycles. The lowest BCUT2D eigenvalue weighted by Gasteiger charge is -2.32. The van der Waals surface area contributed by atoms with E-state index >= 15 is 0 Å². The Morgan fingerprint density at radius 3 is 2.87 bits per heavy atom. The largest absolute Gasteiger partial charge is 0.478 e. The van der Waals surface area contributed by atoms with Gasteiger partial charge in [0.1, 0.15) is 0 Å². The number of nitrogens with zero attached hydrogens (tertiary/aromatic N) is 1. The maximum atomic E-state index is 12.8. The van der Waals surface area contributed by atoms with Crippen molar-refractivity contribution in [3.63, 3.8) is 0 Å². The standard InChI is InChI=1S/C15H21NO6S/c1-3-21-10-13-9-16(6-7-22-13)23(19,20)14-8-12(15(17)18)5-4-11(14)2/h4-5,8,13H,3,6-7,9-10H2,1-2H3,(H,17,18). The average molecular weight is 343 g/mol. The molecule has 1 aliphatic heterocycles. The van der Waals surface area contributed by atoms with E-state index in [-0.39, 0.29) is 36.3 Å². The van der Waals surface area contributed by atoms with Gasteiger partial charge < -0.3 is 14.6 Å². The maximum Gasteiger partial charge on any atom is 0.335 e. The Morgan fingerprint density at radius 2 is 2.22 bits per heavy atom. The minimum atomic E-state index is -3.77. The van der Waals surface area contributed by atoms with E-state index in [1.807, 2.05) is 6.92 Å². The van der Waals surface area contributed by atoms with Crippen LogP contribution in [-0.2, 0) is 19.5 Å². The van der Waals surface area contributed by atoms with Crippen molar-refractivity contribution in [1.82, 2.24) is 4.31 Å². The lowest BCUT2D eigenvalue weighted by atomic mass is 10.1. The molecule has 1 aromatic rings. The third-order valence-corrected chi connectivity index (χ3v) is 5.67. The van der Waals surface area contributed by atoms with Crippen LogP contribution in [0.15, 0.2) is 23.1 Å². The first-order valence-electron chi connectivity index (χ1n) is 7.39. The minimum Gasteiger partial charge on any atom is -0.478 e. The number of carbonyl (C=O) groups is 1. The van der Waals surface area contributed by atoms with E-state index in [4.69, 9.17) is 14.6 Å². The molecule has 8 heteroatoms. The molecule has 0 saturated carbocycles. The van der Waals surface area contributed by atoms with E-state index in [2.05, 4.69) is 0 Å². The quantitative estimate of drug-likeness (QED) is 0.832. The van der Waals surface area contributed by atoms with Gasteiger partial charge in [0, 0.05) is 19.7 Å². The number of carboxylic acid groups (broad SMARTS) is 1. The zero-order valence-corrected chi connectivity index (χ0v) is 14.0. The van der Waals surface area contributed by atoms with Gasteiger partial charge >= 0.3 is 5.97 Å². The molecule has 1 aliphatic rings. The van der Waals surface area contributed by atoms with Crippen LogP contribution < -0.4 is 0 Å². The molecule has 0 spiro atoms. The fourth-order valence-corrected chi connectivity index (χ4v) is 4.12. The Morgan fingerprint density at radius 1 is 1.48 bits per heavy atom. The van der Waals surface area contributed by atoms with Gasteiger partial charge in [-0.25, -0.2) is 13.2 Å². The number of ether oxygens (including phenoxy) is 2. The third kappa shape index (κ3) is 4.08. The van der Waals surface area contributed by atoms with Crippen molar-refractivity contribution in [2.75, 3.05) is 32.9 Å². The summed E-state index contributed by atoms with van der Waals surface area (Å²) in [6.45, 7) is 5.09. The van der Waals surface area contributed by atoms with E-state index in [0.29, 0.717) is 18.8 Å². The number of benzene rings is 1. The Bertz CT molecular complexity index is 673. The number of hydrogen-bond donors (Lipinski definition) is 1. The summed E-state index contributed by atoms with van der Waals surface area (Å²) in [5.41, 5.74) is 0.469. The SMILES string of the molecule is CCOCC1CN(S(=O)(=O)c2cc(C(=O)O)ccc2C)CCO1. The molecular formula is C15H21NO6S. The fourth-order valence-electron chi connectivity index (χ4n) is 2.41. The van der Waals surface area contributed by atoms with Gasteiger partial charge in [0.05, 0.1) is 29.8 Å². The second kappa shape index (κ2) is 7.39. The summed E-state index contributed by atoms with van der Waals surface area (Å²) in [5.74, 6) is -1.15. The molecule has 1 aromatic carbocycles. The van der Waals surface area contributed by atoms with E-state index < -0.39 is 16.0 Å². The van der Waals surface area contributed by atoms with Gasteiger partial charge in [-0.05, 0) is 31.5 Å². The fraction of sp³-hybridized carbons (Fsp3) is 0.533. The third-order valence-electron chi connectivity index (χ3n) is 3.66. The number of sulfonamides is 1. The van der Waals surface area contributed by atoms with Crippen LogP contribution >= 0.6 is 0 Å². The smallest absolute Gasteiger partial charge is 0.335 e. The van der Waals surface area contributed by atoms with Crippen molar-refractivity contribution in [2.45, 2.75) is 24.8 Å². The molecular weight excluding hydrogens is 322 g/mol. The van der Waals surface area contributed by atoms with Crippen LogP contribution in [0.3, 0.4) is 0 Å². The lowest BCUT2D eigenvalue weighted by molar-refractivity contribution is -0.0487. The van der Waals surface area contributed by atoms with Gasteiger partial charge in [-0.15, -0.1) is 0 Å². The van der Waals surface area contributed by atoms with Crippen LogP contribution in [-0.4, -0.2) is 62.8 Å². The number of carboxylic acids is 1. The molecule has 23 heavy (non-hydrogen) atoms. The summed E-state index contributed by atoms with van der Waals surface area (Å²) < 4.78 is 37.8. The van der Waals surface area contributed by atoms with E-state index in [0.717, 1.165) is 0 Å². The molecule has 0 radical (unpaired) electrons. The summed E-state index contributed by atoms with van der Waals surface area (Å²) in [6, 6.07) is 4.11. The molecule has 7 nitrogen and oxygen atoms in total. The summed E-state index contributed by atoms with van der Waals surface area (Å²) in [5, 5.41) is 9.07. The van der Waals surface area contributed by atoms with Crippen LogP contribution in [0, 0.1) is 6.92 Å². The highest BCUT2D eigenvalue weighted by atomic mass is 32.2. The summed E-state index contributed by atoms with van der Waals surface area (Å²) >= 11 is 0. The number of aromatic carboxylic acids is 1. The highest BCUT2D eigenvalue weighted by Gasteiger charge is 2.32. The van der Waals surface area contributed by atoms with Gasteiger partial charge in [-0.3, -0.25) is 0 Å². The monoisotopic (exact) mass is 343 g/mol. The molecule has 1 unspecified atom stereocenters. The zero-order chi connectivity index (χ0) is 17.0. The number of hydrogen-bond acceptors (Lipinski definition) is 5. The van der Waals surface area contributed by atoms with Gasteiger partial charge in [0.25, 0.3) is 0 Å². The molecule has 1 heterocycles. The number of rotatable bonds is 6. The molecule has 0 aliphatic carbocycles. The zero-order valence-electron chi connectivity index (χ0n) is 13.2. The van der Waals surface area contributed by atoms with Crippen LogP contribution in [0.25, 0.3) is 0 Å². The molecule has 0 aromatic heterocycles. The van der Waals surface area contributed by atoms with Crippen molar-refractivity contribution in [3.8, 4) is 0 Å². The highest BCUT2D eigenvalue weighted by molar-refractivity contribution is 7.89. The van der Waals surface area contributed by atoms with Crippen molar-refractivity contribution in [2.24, 2.45) is 0 Å². The van der Waals surface area contributed by atoms with Crippen LogP contribution in [0.5, 0.6) is 0 Å². The van der Waals surface area contributed by atoms with E-state index in [1.54, 1.807) is 6.92 Å². The molecule has 1 fully saturated rings. The maximum absolute atomic E-state index is 12.8. The Kier molecular flexibility index (Phi) is 5.74. The van der Waals surface area contributed by atoms with Gasteiger partial charge in [0.2, 0.25) is 10.0 Å². The number of morpholine rings is 1. The van der Waals surface area contributed by atoms with Gasteiger partial charge in [-0.2, -0.15) is 4.31 Å². The normalized spacial score (nSPS) is 19.7. The molecule has 128 valence electrons. The van der Waals surface area contributed by atoms with Crippen molar-refractivity contribution in [1.29, 1.82) is 0 Å². The first kappa shape index (κ1) is 17.9. The predicted octanol–water partition coefficient (Wildman–Crippen LogP) is 1.12. The minimum absolute atomic E-state index is 0.0226. The lowest BCUT2D eigenvalue weighted by Crippen LogP contribution is -2.47. The van der Waals surface area contributed by atoms with Crippen molar-refractivity contribution >= 4 is 16.0 Å². The first-order chi connectivity index (χ1) is 10.9. The van der Waals surface area contributed by atoms with Crippen LogP contribution in [0.4, 0.5) is 0 Å². The van der Waals surface area contributed by atoms with Crippen molar-refractivity contribution in [3.05, 3.63) is 29.3 Å². The molecule has 1 N–H and O–H groups in total. The summed E-state index contributed by atoms with van der Waals surface area (Å²) in [7, 11) is -3.77. The Balaban J connectivity index is 2.27. The number of aryl methyl sites for hydroxylation is 1. The van der Waals surface area contributed by atoms with Crippen LogP contribution in [0.2, 0.25) is 0 Å². The molecule has 0 bridgehead atoms. The Hall–Kier alpha value is -1.48. The van der Waals surface area contributed by atoms with Gasteiger partial charge in [-0.1, -0.05) is 6.07 Å². The topological polar surface area (TPSA) is 93.1 Å². The highest BCUT2D eigenvalue weighted by Crippen LogP contribution is 2.23. The Labute approximate surface area is 135 Å². The van der Waals surface area contributed by atoms with Crippen LogP contribution in [0.1, 0.15) is 22.8 Å². The van der Waals surface area contributed by atoms with Gasteiger partial charge in [0.15, 0.2) is 0 Å². The molecule has 2 rings (SSSR count). The molecule has 0 amide bonds. The second-order valence-electron chi connectivity index (χ2n) is 5.30. The van der Waals surface area contributed by atoms with E-state index in [1.165, 1.54) is 22.5 Å². The van der Waals surface area contributed by atoms with E-state index in [9.17, 15) is 13.2 Å². The average Bonchev–Trinajstić information content (AvgIpc) is 2.53. The summed E-state index contributed by atoms with van der Waals surface area (Å²) in [4.78, 5) is 11.1. The summed E-state index contributed by atoms with van der Waals surface area (Å²) in [6.07, 6.45) is -0.318. The first-order valence-corrected chi connectivity index (χ1v) is 8.83. The second-order valence-corrected chi connectivity index (χ2v) is 7.21. The predicted molar refractivity (Wildman–Crippen MR) is 83.1 cm³/mol. The molecule has 1 atom stereocenters. The van der Waals surface area contributed by atoms with Crippen molar-refractivity contribution < 1.29 is 27.8 Å².